The third kappa shape index (κ3) is 5.30. The fourth-order valence-electron chi connectivity index (χ4n) is 4.09. The van der Waals surface area contributed by atoms with Crippen LogP contribution in [0.25, 0.3) is 0 Å². The molecule has 0 saturated carbocycles. The Hall–Kier alpha value is -3.48. The van der Waals surface area contributed by atoms with Crippen molar-refractivity contribution in [2.24, 2.45) is 0 Å². The molecule has 4 rings (SSSR count). The van der Waals surface area contributed by atoms with Gasteiger partial charge in [0.05, 0.1) is 6.04 Å². The highest BCUT2D eigenvalue weighted by Gasteiger charge is 2.35. The average molecular weight is 445 g/mol. The number of nitrogens with zero attached hydrogens (tertiary/aromatic N) is 1. The van der Waals surface area contributed by atoms with Gasteiger partial charge in [0.1, 0.15) is 0 Å². The van der Waals surface area contributed by atoms with Gasteiger partial charge in [0.2, 0.25) is 0 Å². The molecule has 3 aromatic carbocycles. The molecule has 0 fully saturated rings. The number of carbonyl (C=O) groups excluding carboxylic acids is 2. The highest BCUT2D eigenvalue weighted by Crippen LogP contribution is 2.23. The van der Waals surface area contributed by atoms with E-state index in [9.17, 15) is 19.8 Å². The van der Waals surface area contributed by atoms with Crippen LogP contribution in [0.1, 0.15) is 40.8 Å². The van der Waals surface area contributed by atoms with Crippen LogP contribution >= 0.6 is 0 Å². The third-order valence-electron chi connectivity index (χ3n) is 6.06. The number of hydrogen-bond donors (Lipinski definition) is 3. The molecule has 33 heavy (non-hydrogen) atoms. The van der Waals surface area contributed by atoms with Gasteiger partial charge in [-0.1, -0.05) is 78.9 Å². The van der Waals surface area contributed by atoms with Crippen molar-refractivity contribution in [1.82, 2.24) is 10.2 Å². The molecule has 170 valence electrons. The Morgan fingerprint density at radius 2 is 1.36 bits per heavy atom. The fraction of sp³-hybridized carbons (Fsp3) is 0.259. The maximum atomic E-state index is 12.6. The minimum atomic E-state index is -1.85. The van der Waals surface area contributed by atoms with Crippen molar-refractivity contribution in [2.75, 3.05) is 0 Å². The predicted octanol–water partition coefficient (Wildman–Crippen LogP) is 2.72. The number of carbonyl (C=O) groups is 2. The smallest absolute Gasteiger partial charge is 0.255 e. The normalized spacial score (nSPS) is 15.4. The summed E-state index contributed by atoms with van der Waals surface area (Å²) in [6.07, 6.45) is -2.85. The lowest BCUT2D eigenvalue weighted by molar-refractivity contribution is -0.153. The first-order valence-corrected chi connectivity index (χ1v) is 11.1. The number of aliphatic hydroxyl groups is 2. The zero-order valence-electron chi connectivity index (χ0n) is 18.5. The van der Waals surface area contributed by atoms with E-state index in [0.717, 1.165) is 28.7 Å². The fourth-order valence-corrected chi connectivity index (χ4v) is 4.09. The van der Waals surface area contributed by atoms with E-state index in [-0.39, 0.29) is 0 Å². The maximum Gasteiger partial charge on any atom is 0.255 e. The molecule has 0 aliphatic carbocycles. The summed E-state index contributed by atoms with van der Waals surface area (Å²) in [5, 5.41) is 23.4. The SMILES string of the molecule is C[C@@H](NC(=O)[C@H](O)[C@@H](O)C(=O)N1Cc2ccccc2C1)c1ccc(Cc2ccccc2)cc1. The van der Waals surface area contributed by atoms with E-state index in [2.05, 4.69) is 17.4 Å². The number of hydrogen-bond acceptors (Lipinski definition) is 4. The van der Waals surface area contributed by atoms with Gasteiger partial charge < -0.3 is 20.4 Å². The number of benzene rings is 3. The molecular weight excluding hydrogens is 416 g/mol. The third-order valence-corrected chi connectivity index (χ3v) is 6.06. The number of aliphatic hydroxyl groups excluding tert-OH is 2. The van der Waals surface area contributed by atoms with Gasteiger partial charge in [-0.25, -0.2) is 0 Å². The average Bonchev–Trinajstić information content (AvgIpc) is 3.28. The van der Waals surface area contributed by atoms with Crippen molar-refractivity contribution in [3.05, 3.63) is 107 Å². The van der Waals surface area contributed by atoms with Crippen LogP contribution in [0.2, 0.25) is 0 Å². The van der Waals surface area contributed by atoms with Crippen molar-refractivity contribution < 1.29 is 19.8 Å². The molecule has 0 saturated heterocycles. The van der Waals surface area contributed by atoms with Crippen LogP contribution < -0.4 is 5.32 Å². The van der Waals surface area contributed by atoms with E-state index in [4.69, 9.17) is 0 Å². The summed E-state index contributed by atoms with van der Waals surface area (Å²) in [7, 11) is 0. The Labute approximate surface area is 193 Å². The van der Waals surface area contributed by atoms with Crippen LogP contribution in [0.5, 0.6) is 0 Å². The Morgan fingerprint density at radius 3 is 1.97 bits per heavy atom. The van der Waals surface area contributed by atoms with Crippen molar-refractivity contribution in [2.45, 2.75) is 44.7 Å². The molecule has 1 heterocycles. The van der Waals surface area contributed by atoms with E-state index >= 15 is 0 Å². The highest BCUT2D eigenvalue weighted by atomic mass is 16.3. The molecule has 6 heteroatoms. The first-order valence-electron chi connectivity index (χ1n) is 11.1. The predicted molar refractivity (Wildman–Crippen MR) is 125 cm³/mol. The Balaban J connectivity index is 1.32. The molecule has 2 amide bonds. The van der Waals surface area contributed by atoms with Gasteiger partial charge in [0.15, 0.2) is 12.2 Å². The Bertz CT molecular complexity index is 1090. The lowest BCUT2D eigenvalue weighted by Crippen LogP contribution is -2.50. The second-order valence-electron chi connectivity index (χ2n) is 8.49. The van der Waals surface area contributed by atoms with Gasteiger partial charge in [-0.3, -0.25) is 9.59 Å². The van der Waals surface area contributed by atoms with E-state index in [1.165, 1.54) is 10.5 Å². The van der Waals surface area contributed by atoms with E-state index < -0.39 is 30.1 Å². The molecule has 0 spiro atoms. The van der Waals surface area contributed by atoms with E-state index in [0.29, 0.717) is 13.1 Å². The largest absolute Gasteiger partial charge is 0.380 e. The molecule has 0 aromatic heterocycles. The van der Waals surface area contributed by atoms with Crippen LogP contribution in [0, 0.1) is 0 Å². The summed E-state index contributed by atoms with van der Waals surface area (Å²) in [6.45, 7) is 2.50. The second kappa shape index (κ2) is 9.98. The molecule has 0 radical (unpaired) electrons. The van der Waals surface area contributed by atoms with E-state index in [1.54, 1.807) is 6.92 Å². The number of rotatable bonds is 7. The van der Waals surface area contributed by atoms with Crippen molar-refractivity contribution in [3.8, 4) is 0 Å². The van der Waals surface area contributed by atoms with Gasteiger partial charge in [-0.2, -0.15) is 0 Å². The minimum absolute atomic E-state index is 0.353. The minimum Gasteiger partial charge on any atom is -0.380 e. The van der Waals surface area contributed by atoms with Gasteiger partial charge in [0.25, 0.3) is 11.8 Å². The van der Waals surface area contributed by atoms with Crippen molar-refractivity contribution >= 4 is 11.8 Å². The van der Waals surface area contributed by atoms with E-state index in [1.807, 2.05) is 66.7 Å². The van der Waals surface area contributed by atoms with Crippen LogP contribution in [0.15, 0.2) is 78.9 Å². The molecule has 1 aliphatic rings. The molecule has 0 unspecified atom stereocenters. The summed E-state index contributed by atoms with van der Waals surface area (Å²) in [5.41, 5.74) is 5.23. The topological polar surface area (TPSA) is 89.9 Å². The van der Waals surface area contributed by atoms with Crippen molar-refractivity contribution in [3.63, 3.8) is 0 Å². The summed E-state index contributed by atoms with van der Waals surface area (Å²) in [5.74, 6) is -1.44. The first-order chi connectivity index (χ1) is 15.9. The van der Waals surface area contributed by atoms with Gasteiger partial charge >= 0.3 is 0 Å². The second-order valence-corrected chi connectivity index (χ2v) is 8.49. The molecule has 3 N–H and O–H groups in total. The Kier molecular flexibility index (Phi) is 6.87. The molecule has 1 aliphatic heterocycles. The van der Waals surface area contributed by atoms with Crippen molar-refractivity contribution in [1.29, 1.82) is 0 Å². The van der Waals surface area contributed by atoms with Crippen LogP contribution in [-0.4, -0.2) is 39.1 Å². The van der Waals surface area contributed by atoms with Gasteiger partial charge in [0, 0.05) is 13.1 Å². The highest BCUT2D eigenvalue weighted by molar-refractivity contribution is 5.91. The summed E-state index contributed by atoms with van der Waals surface area (Å²) < 4.78 is 0. The summed E-state index contributed by atoms with van der Waals surface area (Å²) in [4.78, 5) is 26.6. The molecule has 6 nitrogen and oxygen atoms in total. The number of nitrogens with one attached hydrogen (secondary N) is 1. The van der Waals surface area contributed by atoms with Crippen LogP contribution in [-0.2, 0) is 29.1 Å². The molecular formula is C27H28N2O4. The standard InChI is InChI=1S/C27H28N2O4/c1-18(21-13-11-20(12-14-21)15-19-7-3-2-4-8-19)28-26(32)24(30)25(31)27(33)29-16-22-9-5-6-10-23(22)17-29/h2-14,18,24-25,30-31H,15-17H2,1H3,(H,28,32)/t18-,24-,25-/m1/s1. The number of fused-ring (bicyclic) bond motifs is 1. The maximum absolute atomic E-state index is 12.6. The quantitative estimate of drug-likeness (QED) is 0.523. The monoisotopic (exact) mass is 444 g/mol. The molecule has 3 atom stereocenters. The lowest BCUT2D eigenvalue weighted by Gasteiger charge is -2.24. The Morgan fingerprint density at radius 1 is 0.818 bits per heavy atom. The van der Waals surface area contributed by atoms with Gasteiger partial charge in [-0.05, 0) is 41.2 Å². The molecule has 3 aromatic rings. The zero-order chi connectivity index (χ0) is 23.4. The zero-order valence-corrected chi connectivity index (χ0v) is 18.5. The lowest BCUT2D eigenvalue weighted by atomic mass is 10.0. The van der Waals surface area contributed by atoms with Crippen LogP contribution in [0.3, 0.4) is 0 Å². The van der Waals surface area contributed by atoms with Gasteiger partial charge in [-0.15, -0.1) is 0 Å². The van der Waals surface area contributed by atoms with Crippen LogP contribution in [0.4, 0.5) is 0 Å². The first kappa shape index (κ1) is 22.7. The molecule has 0 bridgehead atoms. The number of amides is 2. The summed E-state index contributed by atoms with van der Waals surface area (Å²) in [6, 6.07) is 25.3. The summed E-state index contributed by atoms with van der Waals surface area (Å²) >= 11 is 0.